The highest BCUT2D eigenvalue weighted by molar-refractivity contribution is 6.30. The average Bonchev–Trinajstić information content (AvgIpc) is 3.06. The molecule has 1 aromatic heterocycles. The van der Waals surface area contributed by atoms with Crippen molar-refractivity contribution in [2.75, 3.05) is 49.1 Å². The Hall–Kier alpha value is -2.63. The number of nitrogens with zero attached hydrogens (tertiary/aromatic N) is 4. The summed E-state index contributed by atoms with van der Waals surface area (Å²) in [5, 5.41) is 3.13. The van der Waals surface area contributed by atoms with Gasteiger partial charge in [-0.15, -0.1) is 0 Å². The Kier molecular flexibility index (Phi) is 4.86. The third-order valence-electron chi connectivity index (χ3n) is 5.94. The van der Waals surface area contributed by atoms with Crippen molar-refractivity contribution in [2.45, 2.75) is 6.42 Å². The zero-order valence-electron chi connectivity index (χ0n) is 16.2. The van der Waals surface area contributed by atoms with E-state index in [0.29, 0.717) is 11.4 Å². The SMILES string of the molecule is O=C1Cc2cc(Cl)ccc2N1CCN1CCN(c2nccc3ccccc23)CC1. The molecule has 0 N–H and O–H groups in total. The van der Waals surface area contributed by atoms with Crippen LogP contribution >= 0.6 is 11.6 Å². The lowest BCUT2D eigenvalue weighted by Crippen LogP contribution is -2.49. The van der Waals surface area contributed by atoms with Crippen LogP contribution < -0.4 is 9.80 Å². The molecule has 2 aliphatic rings. The lowest BCUT2D eigenvalue weighted by molar-refractivity contribution is -0.117. The molecule has 6 heteroatoms. The van der Waals surface area contributed by atoms with Crippen LogP contribution in [0.1, 0.15) is 5.56 Å². The molecule has 0 aliphatic carbocycles. The van der Waals surface area contributed by atoms with Crippen LogP contribution in [0.4, 0.5) is 11.5 Å². The molecule has 0 bridgehead atoms. The third-order valence-corrected chi connectivity index (χ3v) is 6.17. The maximum Gasteiger partial charge on any atom is 0.231 e. The van der Waals surface area contributed by atoms with Gasteiger partial charge in [-0.2, -0.15) is 0 Å². The van der Waals surface area contributed by atoms with Crippen LogP contribution in [0.25, 0.3) is 10.8 Å². The fraction of sp³-hybridized carbons (Fsp3) is 0.304. The van der Waals surface area contributed by atoms with E-state index in [1.54, 1.807) is 0 Å². The average molecular weight is 407 g/mol. The number of piperazine rings is 1. The van der Waals surface area contributed by atoms with E-state index >= 15 is 0 Å². The molecule has 0 unspecified atom stereocenters. The maximum atomic E-state index is 12.4. The minimum absolute atomic E-state index is 0.167. The van der Waals surface area contributed by atoms with Gasteiger partial charge in [0.1, 0.15) is 5.82 Å². The van der Waals surface area contributed by atoms with Crippen LogP contribution in [-0.2, 0) is 11.2 Å². The van der Waals surface area contributed by atoms with Gasteiger partial charge in [0.15, 0.2) is 0 Å². The third kappa shape index (κ3) is 3.56. The number of rotatable bonds is 4. The molecule has 5 nitrogen and oxygen atoms in total. The molecule has 1 saturated heterocycles. The Bertz CT molecular complexity index is 1060. The number of anilines is 2. The van der Waals surface area contributed by atoms with Gasteiger partial charge in [-0.1, -0.05) is 35.9 Å². The van der Waals surface area contributed by atoms with E-state index in [-0.39, 0.29) is 5.91 Å². The van der Waals surface area contributed by atoms with Gasteiger partial charge in [-0.25, -0.2) is 4.98 Å². The smallest absolute Gasteiger partial charge is 0.231 e. The van der Waals surface area contributed by atoms with Gasteiger partial charge in [0.25, 0.3) is 0 Å². The Morgan fingerprint density at radius 3 is 2.66 bits per heavy atom. The van der Waals surface area contributed by atoms with Gasteiger partial charge < -0.3 is 9.80 Å². The number of aromatic nitrogens is 1. The topological polar surface area (TPSA) is 39.7 Å². The zero-order valence-corrected chi connectivity index (χ0v) is 17.0. The van der Waals surface area contributed by atoms with E-state index in [1.165, 1.54) is 10.8 Å². The Morgan fingerprint density at radius 2 is 1.79 bits per heavy atom. The van der Waals surface area contributed by atoms with Crippen molar-refractivity contribution in [1.29, 1.82) is 0 Å². The molecule has 148 valence electrons. The summed E-state index contributed by atoms with van der Waals surface area (Å²) < 4.78 is 0. The molecule has 3 heterocycles. The molecular weight excluding hydrogens is 384 g/mol. The first-order chi connectivity index (χ1) is 14.2. The number of fused-ring (bicyclic) bond motifs is 2. The second-order valence-electron chi connectivity index (χ2n) is 7.68. The van der Waals surface area contributed by atoms with Crippen molar-refractivity contribution >= 4 is 39.8 Å². The number of hydrogen-bond donors (Lipinski definition) is 0. The first-order valence-electron chi connectivity index (χ1n) is 10.1. The van der Waals surface area contributed by atoms with Gasteiger partial charge in [0, 0.05) is 61.6 Å². The van der Waals surface area contributed by atoms with Gasteiger partial charge in [0.05, 0.1) is 6.42 Å². The van der Waals surface area contributed by atoms with Gasteiger partial charge in [-0.05, 0) is 35.2 Å². The number of carbonyl (C=O) groups excluding carboxylic acids is 1. The molecule has 0 atom stereocenters. The van der Waals surface area contributed by atoms with Crippen LogP contribution in [0.15, 0.2) is 54.7 Å². The lowest BCUT2D eigenvalue weighted by atomic mass is 10.1. The molecule has 2 aromatic carbocycles. The van der Waals surface area contributed by atoms with Gasteiger partial charge in [0.2, 0.25) is 5.91 Å². The standard InChI is InChI=1S/C23H23ClN4O/c24-19-5-6-21-18(15-19)16-22(29)28(21)14-11-26-9-12-27(13-10-26)23-20-4-2-1-3-17(20)7-8-25-23/h1-8,15H,9-14,16H2. The van der Waals surface area contributed by atoms with Crippen LogP contribution in [-0.4, -0.2) is 55.1 Å². The highest BCUT2D eigenvalue weighted by Crippen LogP contribution is 2.31. The summed E-state index contributed by atoms with van der Waals surface area (Å²) in [6.45, 7) is 5.44. The Labute approximate surface area is 175 Å². The summed E-state index contributed by atoms with van der Waals surface area (Å²) in [5.74, 6) is 1.24. The highest BCUT2D eigenvalue weighted by Gasteiger charge is 2.28. The van der Waals surface area contributed by atoms with E-state index in [0.717, 1.165) is 56.3 Å². The van der Waals surface area contributed by atoms with E-state index in [1.807, 2.05) is 29.3 Å². The van der Waals surface area contributed by atoms with Crippen LogP contribution in [0.5, 0.6) is 0 Å². The molecule has 0 radical (unpaired) electrons. The number of amides is 1. The largest absolute Gasteiger partial charge is 0.354 e. The quantitative estimate of drug-likeness (QED) is 0.663. The Morgan fingerprint density at radius 1 is 0.966 bits per heavy atom. The van der Waals surface area contributed by atoms with E-state index < -0.39 is 0 Å². The van der Waals surface area contributed by atoms with Crippen molar-refractivity contribution in [3.05, 3.63) is 65.3 Å². The highest BCUT2D eigenvalue weighted by atomic mass is 35.5. The first kappa shape index (κ1) is 18.4. The van der Waals surface area contributed by atoms with Crippen LogP contribution in [0.3, 0.4) is 0 Å². The van der Waals surface area contributed by atoms with Crippen molar-refractivity contribution in [2.24, 2.45) is 0 Å². The zero-order chi connectivity index (χ0) is 19.8. The molecule has 29 heavy (non-hydrogen) atoms. The predicted molar refractivity (Wildman–Crippen MR) is 118 cm³/mol. The van der Waals surface area contributed by atoms with Crippen molar-refractivity contribution in [3.8, 4) is 0 Å². The predicted octanol–water partition coefficient (Wildman–Crippen LogP) is 3.60. The molecule has 0 spiro atoms. The molecule has 3 aromatic rings. The summed E-state index contributed by atoms with van der Waals surface area (Å²) in [5.41, 5.74) is 2.05. The maximum absolute atomic E-state index is 12.4. The number of carbonyl (C=O) groups is 1. The molecule has 1 fully saturated rings. The Balaban J connectivity index is 1.22. The van der Waals surface area contributed by atoms with Gasteiger partial charge in [-0.3, -0.25) is 9.69 Å². The molecule has 0 saturated carbocycles. The molecule has 1 amide bonds. The summed E-state index contributed by atoms with van der Waals surface area (Å²) in [6, 6.07) is 16.2. The van der Waals surface area contributed by atoms with E-state index in [2.05, 4.69) is 45.1 Å². The summed E-state index contributed by atoms with van der Waals surface area (Å²) in [6.07, 6.45) is 2.35. The second kappa shape index (κ2) is 7.65. The minimum atomic E-state index is 0.167. The number of pyridine rings is 1. The number of benzene rings is 2. The number of halogens is 1. The summed E-state index contributed by atoms with van der Waals surface area (Å²) in [4.78, 5) is 23.8. The first-order valence-corrected chi connectivity index (χ1v) is 10.5. The van der Waals surface area contributed by atoms with Crippen molar-refractivity contribution in [3.63, 3.8) is 0 Å². The van der Waals surface area contributed by atoms with Crippen LogP contribution in [0.2, 0.25) is 5.02 Å². The molecule has 2 aliphatic heterocycles. The van der Waals surface area contributed by atoms with Crippen LogP contribution in [0, 0.1) is 0 Å². The summed E-state index contributed by atoms with van der Waals surface area (Å²) >= 11 is 6.07. The minimum Gasteiger partial charge on any atom is -0.354 e. The van der Waals surface area contributed by atoms with Crippen molar-refractivity contribution in [1.82, 2.24) is 9.88 Å². The van der Waals surface area contributed by atoms with Crippen molar-refractivity contribution < 1.29 is 4.79 Å². The monoisotopic (exact) mass is 406 g/mol. The molecular formula is C23H23ClN4O. The molecule has 5 rings (SSSR count). The normalized spacial score (nSPS) is 17.2. The van der Waals surface area contributed by atoms with Gasteiger partial charge >= 0.3 is 0 Å². The van der Waals surface area contributed by atoms with E-state index in [9.17, 15) is 4.79 Å². The lowest BCUT2D eigenvalue weighted by Gasteiger charge is -2.36. The number of hydrogen-bond acceptors (Lipinski definition) is 4. The fourth-order valence-corrected chi connectivity index (χ4v) is 4.57. The fourth-order valence-electron chi connectivity index (χ4n) is 4.38. The van der Waals surface area contributed by atoms with E-state index in [4.69, 9.17) is 11.6 Å². The second-order valence-corrected chi connectivity index (χ2v) is 8.12. The summed E-state index contributed by atoms with van der Waals surface area (Å²) in [7, 11) is 0.